The predicted octanol–water partition coefficient (Wildman–Crippen LogP) is 2.88. The molecular formula is C18H24FN5O2S. The summed E-state index contributed by atoms with van der Waals surface area (Å²) in [4.78, 5) is 26.5. The number of ether oxygens (including phenoxy) is 1. The number of halogens is 1. The number of hydrogen-bond donors (Lipinski definition) is 1. The van der Waals surface area contributed by atoms with E-state index in [1.165, 1.54) is 17.7 Å². The van der Waals surface area contributed by atoms with Gasteiger partial charge in [0.1, 0.15) is 6.33 Å². The van der Waals surface area contributed by atoms with Gasteiger partial charge in [0.15, 0.2) is 5.13 Å². The number of amides is 1. The topological polar surface area (TPSA) is 80.2 Å². The van der Waals surface area contributed by atoms with Crippen LogP contribution < -0.4 is 10.1 Å². The number of carbonyl (C=O) groups is 1. The van der Waals surface area contributed by atoms with Crippen LogP contribution >= 0.6 is 11.3 Å². The summed E-state index contributed by atoms with van der Waals surface area (Å²) in [7, 11) is 1.59. The van der Waals surface area contributed by atoms with E-state index in [2.05, 4.69) is 25.2 Å². The highest BCUT2D eigenvalue weighted by molar-refractivity contribution is 7.15. The number of thiazole rings is 1. The summed E-state index contributed by atoms with van der Waals surface area (Å²) in [5.74, 6) is 0.373. The first-order valence-electron chi connectivity index (χ1n) is 9.09. The maximum absolute atomic E-state index is 14.1. The van der Waals surface area contributed by atoms with Crippen LogP contribution in [0.1, 0.15) is 36.8 Å². The second-order valence-corrected chi connectivity index (χ2v) is 7.72. The van der Waals surface area contributed by atoms with Crippen molar-refractivity contribution < 1.29 is 13.9 Å². The Morgan fingerprint density at radius 1 is 1.48 bits per heavy atom. The molecule has 27 heavy (non-hydrogen) atoms. The molecule has 1 aliphatic rings. The highest BCUT2D eigenvalue weighted by Crippen LogP contribution is 2.27. The summed E-state index contributed by atoms with van der Waals surface area (Å²) in [6.07, 6.45) is 4.89. The van der Waals surface area contributed by atoms with Gasteiger partial charge < -0.3 is 10.1 Å². The smallest absolute Gasteiger partial charge is 0.230 e. The van der Waals surface area contributed by atoms with Gasteiger partial charge in [-0.2, -0.15) is 9.37 Å². The van der Waals surface area contributed by atoms with Crippen molar-refractivity contribution in [3.8, 4) is 5.88 Å². The minimum atomic E-state index is -0.492. The fraction of sp³-hybridized carbons (Fsp3) is 0.556. The number of anilines is 1. The van der Waals surface area contributed by atoms with Crippen molar-refractivity contribution in [3.63, 3.8) is 0 Å². The molecule has 0 unspecified atom stereocenters. The molecule has 9 heteroatoms. The lowest BCUT2D eigenvalue weighted by atomic mass is 9.93. The second kappa shape index (κ2) is 9.18. The molecule has 0 bridgehead atoms. The van der Waals surface area contributed by atoms with Crippen molar-refractivity contribution in [1.29, 1.82) is 0 Å². The molecule has 1 fully saturated rings. The fourth-order valence-corrected chi connectivity index (χ4v) is 4.15. The lowest BCUT2D eigenvalue weighted by Crippen LogP contribution is -2.35. The Kier molecular flexibility index (Phi) is 6.68. The number of rotatable bonds is 7. The molecule has 0 aromatic carbocycles. The molecule has 2 aromatic heterocycles. The van der Waals surface area contributed by atoms with Crippen LogP contribution in [0, 0.1) is 11.9 Å². The van der Waals surface area contributed by atoms with Gasteiger partial charge in [0, 0.05) is 31.3 Å². The Morgan fingerprint density at radius 2 is 2.33 bits per heavy atom. The number of piperidine rings is 1. The van der Waals surface area contributed by atoms with Crippen LogP contribution in [0.25, 0.3) is 0 Å². The van der Waals surface area contributed by atoms with Gasteiger partial charge in [0.25, 0.3) is 0 Å². The third-order valence-electron chi connectivity index (χ3n) is 4.59. The second-order valence-electron chi connectivity index (χ2n) is 6.63. The van der Waals surface area contributed by atoms with Crippen molar-refractivity contribution in [3.05, 3.63) is 28.9 Å². The molecule has 1 aliphatic heterocycles. The molecule has 1 saturated heterocycles. The normalized spacial score (nSPS) is 17.7. The third kappa shape index (κ3) is 5.43. The molecular weight excluding hydrogens is 369 g/mol. The molecule has 0 aliphatic carbocycles. The van der Waals surface area contributed by atoms with Gasteiger partial charge >= 0.3 is 0 Å². The van der Waals surface area contributed by atoms with E-state index in [4.69, 9.17) is 4.74 Å². The van der Waals surface area contributed by atoms with Gasteiger partial charge in [-0.25, -0.2) is 9.97 Å². The first-order valence-corrected chi connectivity index (χ1v) is 9.91. The molecule has 2 aromatic rings. The number of methoxy groups -OCH3 is 1. The Labute approximate surface area is 162 Å². The monoisotopic (exact) mass is 393 g/mol. The van der Waals surface area contributed by atoms with Crippen LogP contribution in [0.4, 0.5) is 9.52 Å². The van der Waals surface area contributed by atoms with Gasteiger partial charge in [0.2, 0.25) is 17.7 Å². The zero-order valence-electron chi connectivity index (χ0n) is 15.6. The van der Waals surface area contributed by atoms with E-state index in [9.17, 15) is 9.18 Å². The van der Waals surface area contributed by atoms with E-state index in [-0.39, 0.29) is 5.91 Å². The molecule has 3 heterocycles. The summed E-state index contributed by atoms with van der Waals surface area (Å²) in [6, 6.07) is 1.87. The van der Waals surface area contributed by atoms with E-state index in [1.54, 1.807) is 14.0 Å². The first kappa shape index (κ1) is 19.6. The van der Waals surface area contributed by atoms with Gasteiger partial charge in [0.05, 0.1) is 12.0 Å². The van der Waals surface area contributed by atoms with E-state index >= 15 is 0 Å². The highest BCUT2D eigenvalue weighted by Gasteiger charge is 2.23. The average molecular weight is 393 g/mol. The van der Waals surface area contributed by atoms with E-state index in [0.717, 1.165) is 38.0 Å². The standard InChI is InChI=1S/C18H24FN5O2S/c1-3-15(25)22-18-23-17(19)14(27-18)10-24-6-4-5-12(9-24)7-13-8-16(26-2)21-11-20-13/h8,11-12H,3-7,9-10H2,1-2H3,(H,22,23,25)/t12-/m1/s1. The van der Waals surface area contributed by atoms with Crippen molar-refractivity contribution in [1.82, 2.24) is 19.9 Å². The van der Waals surface area contributed by atoms with Crippen LogP contribution in [-0.4, -0.2) is 46.0 Å². The summed E-state index contributed by atoms with van der Waals surface area (Å²) >= 11 is 1.21. The molecule has 3 rings (SSSR count). The Hall–Kier alpha value is -2.13. The van der Waals surface area contributed by atoms with Gasteiger partial charge in [-0.15, -0.1) is 0 Å². The molecule has 1 amide bonds. The molecule has 0 spiro atoms. The summed E-state index contributed by atoms with van der Waals surface area (Å²) in [5, 5.41) is 2.96. The van der Waals surface area contributed by atoms with E-state index in [1.807, 2.05) is 6.07 Å². The van der Waals surface area contributed by atoms with Crippen molar-refractivity contribution in [2.45, 2.75) is 39.2 Å². The summed E-state index contributed by atoms with van der Waals surface area (Å²) < 4.78 is 19.3. The highest BCUT2D eigenvalue weighted by atomic mass is 32.1. The Balaban J connectivity index is 1.59. The predicted molar refractivity (Wildman–Crippen MR) is 101 cm³/mol. The van der Waals surface area contributed by atoms with Crippen LogP contribution in [0.2, 0.25) is 0 Å². The summed E-state index contributed by atoms with van der Waals surface area (Å²) in [5.41, 5.74) is 0.960. The van der Waals surface area contributed by atoms with Crippen molar-refractivity contribution in [2.24, 2.45) is 5.92 Å². The number of aromatic nitrogens is 3. The lowest BCUT2D eigenvalue weighted by molar-refractivity contribution is -0.115. The number of nitrogens with zero attached hydrogens (tertiary/aromatic N) is 4. The number of nitrogens with one attached hydrogen (secondary N) is 1. The lowest BCUT2D eigenvalue weighted by Gasteiger charge is -2.32. The molecule has 0 radical (unpaired) electrons. The zero-order valence-corrected chi connectivity index (χ0v) is 16.4. The number of carbonyl (C=O) groups excluding carboxylic acids is 1. The third-order valence-corrected chi connectivity index (χ3v) is 5.52. The molecule has 146 valence electrons. The van der Waals surface area contributed by atoms with Gasteiger partial charge in [-0.05, 0) is 31.7 Å². The maximum Gasteiger partial charge on any atom is 0.230 e. The van der Waals surface area contributed by atoms with E-state index in [0.29, 0.717) is 34.8 Å². The molecule has 7 nitrogen and oxygen atoms in total. The van der Waals surface area contributed by atoms with Crippen LogP contribution in [0.5, 0.6) is 5.88 Å². The van der Waals surface area contributed by atoms with Crippen LogP contribution in [0.15, 0.2) is 12.4 Å². The first-order chi connectivity index (χ1) is 13.1. The molecule has 1 atom stereocenters. The average Bonchev–Trinajstić information content (AvgIpc) is 3.00. The quantitative estimate of drug-likeness (QED) is 0.779. The maximum atomic E-state index is 14.1. The van der Waals surface area contributed by atoms with Gasteiger partial charge in [-0.3, -0.25) is 9.69 Å². The molecule has 0 saturated carbocycles. The molecule has 1 N–H and O–H groups in total. The number of hydrogen-bond acceptors (Lipinski definition) is 7. The zero-order chi connectivity index (χ0) is 19.2. The van der Waals surface area contributed by atoms with E-state index < -0.39 is 5.95 Å². The minimum absolute atomic E-state index is 0.159. The Morgan fingerprint density at radius 3 is 3.11 bits per heavy atom. The summed E-state index contributed by atoms with van der Waals surface area (Å²) in [6.45, 7) is 4.06. The SMILES string of the molecule is CCC(=O)Nc1nc(F)c(CN2CCC[C@H](Cc3cc(OC)ncn3)C2)s1. The van der Waals surface area contributed by atoms with Crippen LogP contribution in [0.3, 0.4) is 0 Å². The number of likely N-dealkylation sites (tertiary alicyclic amines) is 1. The largest absolute Gasteiger partial charge is 0.481 e. The fourth-order valence-electron chi connectivity index (χ4n) is 3.25. The van der Waals surface area contributed by atoms with Crippen molar-refractivity contribution >= 4 is 22.4 Å². The van der Waals surface area contributed by atoms with Crippen LogP contribution in [-0.2, 0) is 17.8 Å². The minimum Gasteiger partial charge on any atom is -0.481 e. The van der Waals surface area contributed by atoms with Crippen molar-refractivity contribution in [2.75, 3.05) is 25.5 Å². The van der Waals surface area contributed by atoms with Gasteiger partial charge in [-0.1, -0.05) is 18.3 Å². The Bertz CT molecular complexity index is 785.